The van der Waals surface area contributed by atoms with Gasteiger partial charge in [-0.05, 0) is 42.9 Å². The summed E-state index contributed by atoms with van der Waals surface area (Å²) in [6, 6.07) is 0.462. The number of hydrogen-bond acceptors (Lipinski definition) is 2. The Bertz CT molecular complexity index is 234. The smallest absolute Gasteiger partial charge is 0.0632 e. The van der Waals surface area contributed by atoms with Gasteiger partial charge in [-0.3, -0.25) is 4.68 Å². The molecule has 0 radical (unpaired) electrons. The van der Waals surface area contributed by atoms with Crippen molar-refractivity contribution in [1.82, 2.24) is 15.1 Å². The predicted molar refractivity (Wildman–Crippen MR) is 53.2 cm³/mol. The standard InChI is InChI=1S/C8H14BrN3/c1-7(3-4-10-2)12-6-8(9)5-11-12/h5-7,10H,3-4H2,1-2H3. The molecule has 0 aliphatic carbocycles. The Morgan fingerprint density at radius 2 is 2.50 bits per heavy atom. The minimum Gasteiger partial charge on any atom is -0.320 e. The largest absolute Gasteiger partial charge is 0.320 e. The summed E-state index contributed by atoms with van der Waals surface area (Å²) in [5.41, 5.74) is 0. The van der Waals surface area contributed by atoms with Gasteiger partial charge in [-0.2, -0.15) is 5.10 Å². The highest BCUT2D eigenvalue weighted by molar-refractivity contribution is 9.10. The van der Waals surface area contributed by atoms with Gasteiger partial charge in [-0.1, -0.05) is 0 Å². The Morgan fingerprint density at radius 1 is 1.75 bits per heavy atom. The van der Waals surface area contributed by atoms with Gasteiger partial charge in [-0.25, -0.2) is 0 Å². The lowest BCUT2D eigenvalue weighted by Crippen LogP contribution is -2.14. The first-order valence-electron chi connectivity index (χ1n) is 4.08. The van der Waals surface area contributed by atoms with E-state index in [-0.39, 0.29) is 0 Å². The topological polar surface area (TPSA) is 29.9 Å². The molecule has 0 aromatic carbocycles. The van der Waals surface area contributed by atoms with Gasteiger partial charge in [0.25, 0.3) is 0 Å². The molecular formula is C8H14BrN3. The number of nitrogens with one attached hydrogen (secondary N) is 1. The number of hydrogen-bond donors (Lipinski definition) is 1. The van der Waals surface area contributed by atoms with Crippen LogP contribution in [0.2, 0.25) is 0 Å². The van der Waals surface area contributed by atoms with Crippen LogP contribution in [0, 0.1) is 0 Å². The van der Waals surface area contributed by atoms with Gasteiger partial charge in [0, 0.05) is 6.20 Å². The monoisotopic (exact) mass is 231 g/mol. The van der Waals surface area contributed by atoms with Crippen molar-refractivity contribution in [2.75, 3.05) is 13.6 Å². The van der Waals surface area contributed by atoms with E-state index in [0.717, 1.165) is 17.4 Å². The van der Waals surface area contributed by atoms with Crippen LogP contribution in [0.4, 0.5) is 0 Å². The number of halogens is 1. The van der Waals surface area contributed by atoms with E-state index in [9.17, 15) is 0 Å². The summed E-state index contributed by atoms with van der Waals surface area (Å²) >= 11 is 3.37. The average Bonchev–Trinajstić information content (AvgIpc) is 2.47. The van der Waals surface area contributed by atoms with Gasteiger partial charge < -0.3 is 5.32 Å². The van der Waals surface area contributed by atoms with Crippen molar-refractivity contribution in [3.8, 4) is 0 Å². The SMILES string of the molecule is CNCCC(C)n1cc(Br)cn1. The lowest BCUT2D eigenvalue weighted by Gasteiger charge is -2.10. The minimum atomic E-state index is 0.462. The fourth-order valence-corrected chi connectivity index (χ4v) is 1.34. The first kappa shape index (κ1) is 9.74. The summed E-state index contributed by atoms with van der Waals surface area (Å²) < 4.78 is 3.01. The summed E-state index contributed by atoms with van der Waals surface area (Å²) in [4.78, 5) is 0. The minimum absolute atomic E-state index is 0.462. The Morgan fingerprint density at radius 3 is 3.00 bits per heavy atom. The van der Waals surface area contributed by atoms with Gasteiger partial charge in [-0.15, -0.1) is 0 Å². The van der Waals surface area contributed by atoms with Crippen LogP contribution in [0.25, 0.3) is 0 Å². The molecule has 1 unspecified atom stereocenters. The predicted octanol–water partition coefficient (Wildman–Crippen LogP) is 1.82. The van der Waals surface area contributed by atoms with Crippen molar-refractivity contribution in [3.63, 3.8) is 0 Å². The number of aromatic nitrogens is 2. The maximum absolute atomic E-state index is 4.21. The van der Waals surface area contributed by atoms with Crippen molar-refractivity contribution in [1.29, 1.82) is 0 Å². The molecule has 1 aromatic heterocycles. The van der Waals surface area contributed by atoms with Gasteiger partial charge in [0.1, 0.15) is 0 Å². The Kier molecular flexibility index (Phi) is 3.75. The zero-order chi connectivity index (χ0) is 8.97. The van der Waals surface area contributed by atoms with E-state index in [4.69, 9.17) is 0 Å². The molecule has 1 heterocycles. The molecule has 0 fully saturated rings. The Labute approximate surface area is 81.3 Å². The summed E-state index contributed by atoms with van der Waals surface area (Å²) in [6.45, 7) is 3.19. The number of rotatable bonds is 4. The highest BCUT2D eigenvalue weighted by Gasteiger charge is 2.04. The van der Waals surface area contributed by atoms with Gasteiger partial charge >= 0.3 is 0 Å². The van der Waals surface area contributed by atoms with Crippen molar-refractivity contribution in [2.45, 2.75) is 19.4 Å². The molecule has 0 saturated heterocycles. The summed E-state index contributed by atoms with van der Waals surface area (Å²) in [7, 11) is 1.96. The normalized spacial score (nSPS) is 13.2. The van der Waals surface area contributed by atoms with E-state index in [1.54, 1.807) is 0 Å². The zero-order valence-corrected chi connectivity index (χ0v) is 9.00. The molecule has 0 spiro atoms. The second-order valence-electron chi connectivity index (χ2n) is 2.88. The summed E-state index contributed by atoms with van der Waals surface area (Å²) in [5.74, 6) is 0. The second kappa shape index (κ2) is 4.62. The van der Waals surface area contributed by atoms with Gasteiger partial charge in [0.05, 0.1) is 16.7 Å². The van der Waals surface area contributed by atoms with Gasteiger partial charge in [0.2, 0.25) is 0 Å². The molecule has 0 saturated carbocycles. The Balaban J connectivity index is 2.47. The zero-order valence-electron chi connectivity index (χ0n) is 7.42. The van der Waals surface area contributed by atoms with Crippen molar-refractivity contribution >= 4 is 15.9 Å². The third-order valence-corrected chi connectivity index (χ3v) is 2.24. The van der Waals surface area contributed by atoms with Crippen LogP contribution in [0.15, 0.2) is 16.9 Å². The molecule has 3 nitrogen and oxygen atoms in total. The van der Waals surface area contributed by atoms with E-state index >= 15 is 0 Å². The van der Waals surface area contributed by atoms with Crippen molar-refractivity contribution in [3.05, 3.63) is 16.9 Å². The molecule has 12 heavy (non-hydrogen) atoms. The third-order valence-electron chi connectivity index (χ3n) is 1.83. The first-order valence-corrected chi connectivity index (χ1v) is 4.87. The quantitative estimate of drug-likeness (QED) is 0.858. The van der Waals surface area contributed by atoms with Crippen LogP contribution in [0.1, 0.15) is 19.4 Å². The second-order valence-corrected chi connectivity index (χ2v) is 3.80. The fourth-order valence-electron chi connectivity index (χ4n) is 1.04. The van der Waals surface area contributed by atoms with Crippen molar-refractivity contribution in [2.24, 2.45) is 0 Å². The Hall–Kier alpha value is -0.350. The molecule has 1 rings (SSSR count). The highest BCUT2D eigenvalue weighted by Crippen LogP contribution is 2.13. The maximum Gasteiger partial charge on any atom is 0.0632 e. The molecule has 0 aliphatic rings. The summed E-state index contributed by atoms with van der Waals surface area (Å²) in [5, 5.41) is 7.33. The molecule has 0 amide bonds. The highest BCUT2D eigenvalue weighted by atomic mass is 79.9. The lowest BCUT2D eigenvalue weighted by molar-refractivity contribution is 0.452. The molecule has 1 atom stereocenters. The van der Waals surface area contributed by atoms with Crippen LogP contribution in [-0.4, -0.2) is 23.4 Å². The van der Waals surface area contributed by atoms with Crippen LogP contribution >= 0.6 is 15.9 Å². The molecule has 0 bridgehead atoms. The maximum atomic E-state index is 4.21. The van der Waals surface area contributed by atoms with Crippen LogP contribution in [0.5, 0.6) is 0 Å². The lowest BCUT2D eigenvalue weighted by atomic mass is 10.2. The molecule has 4 heteroatoms. The van der Waals surface area contributed by atoms with E-state index in [1.165, 1.54) is 0 Å². The molecule has 1 N–H and O–H groups in total. The van der Waals surface area contributed by atoms with E-state index in [0.29, 0.717) is 6.04 Å². The van der Waals surface area contributed by atoms with Crippen LogP contribution < -0.4 is 5.32 Å². The molecule has 68 valence electrons. The van der Waals surface area contributed by atoms with Crippen LogP contribution in [0.3, 0.4) is 0 Å². The fraction of sp³-hybridized carbons (Fsp3) is 0.625. The number of nitrogens with zero attached hydrogens (tertiary/aromatic N) is 2. The van der Waals surface area contributed by atoms with Crippen molar-refractivity contribution < 1.29 is 0 Å². The molecule has 1 aromatic rings. The van der Waals surface area contributed by atoms with E-state index in [1.807, 2.05) is 24.1 Å². The van der Waals surface area contributed by atoms with Crippen LogP contribution in [-0.2, 0) is 0 Å². The average molecular weight is 232 g/mol. The van der Waals surface area contributed by atoms with E-state index in [2.05, 4.69) is 33.3 Å². The molecule has 0 aliphatic heterocycles. The third kappa shape index (κ3) is 2.60. The first-order chi connectivity index (χ1) is 5.74. The summed E-state index contributed by atoms with van der Waals surface area (Å²) in [6.07, 6.45) is 4.92. The van der Waals surface area contributed by atoms with Gasteiger partial charge in [0.15, 0.2) is 0 Å². The molecular weight excluding hydrogens is 218 g/mol. The van der Waals surface area contributed by atoms with E-state index < -0.39 is 0 Å².